The summed E-state index contributed by atoms with van der Waals surface area (Å²) in [7, 11) is 0. The first-order valence-corrected chi connectivity index (χ1v) is 37.4. The molecule has 12 atom stereocenters. The molecule has 516 valence electrons. The maximum absolute atomic E-state index is 13.3. The van der Waals surface area contributed by atoms with Crippen LogP contribution in [0.15, 0.2) is 12.2 Å². The summed E-state index contributed by atoms with van der Waals surface area (Å²) in [5, 5.41) is 87.5. The molecule has 12 unspecified atom stereocenters. The van der Waals surface area contributed by atoms with Gasteiger partial charge in [-0.1, -0.05) is 341 Å². The lowest BCUT2D eigenvalue weighted by Crippen LogP contribution is -2.65. The van der Waals surface area contributed by atoms with E-state index in [-0.39, 0.29) is 18.9 Å². The highest BCUT2D eigenvalue weighted by Crippen LogP contribution is 2.30. The molecular weight excluding hydrogens is 1100 g/mol. The van der Waals surface area contributed by atoms with Crippen LogP contribution in [0.4, 0.5) is 0 Å². The summed E-state index contributed by atoms with van der Waals surface area (Å²) in [5.74, 6) is -0.230. The second-order valence-corrected chi connectivity index (χ2v) is 26.8. The van der Waals surface area contributed by atoms with E-state index in [9.17, 15) is 45.6 Å². The number of rotatable bonds is 63. The molecule has 14 heteroatoms. The molecule has 2 aliphatic rings. The van der Waals surface area contributed by atoms with Crippen LogP contribution in [0.5, 0.6) is 0 Å². The first-order chi connectivity index (χ1) is 42.6. The predicted molar refractivity (Wildman–Crippen MR) is 355 cm³/mol. The first kappa shape index (κ1) is 81.8. The van der Waals surface area contributed by atoms with Crippen LogP contribution in [-0.2, 0) is 23.7 Å². The van der Waals surface area contributed by atoms with Gasteiger partial charge in [-0.15, -0.1) is 0 Å². The summed E-state index contributed by atoms with van der Waals surface area (Å²) in [5.41, 5.74) is 0. The van der Waals surface area contributed by atoms with E-state index in [1.165, 1.54) is 289 Å². The summed E-state index contributed by atoms with van der Waals surface area (Å²) in [4.78, 5) is 13.3. The fraction of sp³-hybridized carbons (Fsp3) is 0.959. The third kappa shape index (κ3) is 42.6. The Morgan fingerprint density at radius 3 is 1.06 bits per heavy atom. The summed E-state index contributed by atoms with van der Waals surface area (Å²) in [6.45, 7) is 2.87. The van der Waals surface area contributed by atoms with Crippen molar-refractivity contribution < 1.29 is 64.6 Å². The molecule has 0 aromatic carbocycles. The second-order valence-electron chi connectivity index (χ2n) is 26.8. The minimum Gasteiger partial charge on any atom is -0.394 e. The first-order valence-electron chi connectivity index (χ1n) is 37.4. The van der Waals surface area contributed by atoms with Crippen molar-refractivity contribution in [3.05, 3.63) is 12.2 Å². The van der Waals surface area contributed by atoms with E-state index >= 15 is 0 Å². The Hall–Kier alpha value is -1.27. The Morgan fingerprint density at radius 1 is 0.402 bits per heavy atom. The summed E-state index contributed by atoms with van der Waals surface area (Å²) >= 11 is 0. The van der Waals surface area contributed by atoms with Gasteiger partial charge in [-0.05, 0) is 19.3 Å². The Bertz CT molecular complexity index is 1510. The fourth-order valence-electron chi connectivity index (χ4n) is 12.8. The third-order valence-electron chi connectivity index (χ3n) is 18.7. The molecule has 0 radical (unpaired) electrons. The monoisotopic (exact) mass is 1240 g/mol. The van der Waals surface area contributed by atoms with Crippen LogP contribution in [0.3, 0.4) is 0 Å². The van der Waals surface area contributed by atoms with Gasteiger partial charge in [0.1, 0.15) is 48.8 Å². The topological polar surface area (TPSA) is 228 Å². The summed E-state index contributed by atoms with van der Waals surface area (Å²) < 4.78 is 22.9. The fourth-order valence-corrected chi connectivity index (χ4v) is 12.8. The van der Waals surface area contributed by atoms with E-state index in [1.54, 1.807) is 6.08 Å². The van der Waals surface area contributed by atoms with E-state index in [1.807, 2.05) is 6.08 Å². The van der Waals surface area contributed by atoms with Crippen molar-refractivity contribution in [1.29, 1.82) is 0 Å². The highest BCUT2D eigenvalue weighted by atomic mass is 16.7. The van der Waals surface area contributed by atoms with Crippen molar-refractivity contribution in [3.8, 4) is 0 Å². The van der Waals surface area contributed by atoms with Gasteiger partial charge in [0.15, 0.2) is 12.6 Å². The maximum atomic E-state index is 13.3. The molecule has 0 aromatic heterocycles. The molecule has 2 fully saturated rings. The number of aliphatic hydroxyl groups is 8. The van der Waals surface area contributed by atoms with E-state index in [0.29, 0.717) is 0 Å². The van der Waals surface area contributed by atoms with Gasteiger partial charge in [0.2, 0.25) is 5.91 Å². The number of ether oxygens (including phenoxy) is 4. The Labute approximate surface area is 533 Å². The van der Waals surface area contributed by atoms with Crippen molar-refractivity contribution in [2.24, 2.45) is 0 Å². The lowest BCUT2D eigenvalue weighted by Gasteiger charge is -2.46. The highest BCUT2D eigenvalue weighted by molar-refractivity contribution is 5.76. The van der Waals surface area contributed by atoms with Gasteiger partial charge < -0.3 is 65.1 Å². The van der Waals surface area contributed by atoms with Gasteiger partial charge >= 0.3 is 0 Å². The predicted octanol–water partition coefficient (Wildman–Crippen LogP) is 15.7. The molecule has 0 saturated carbocycles. The second kappa shape index (κ2) is 58.5. The quantitative estimate of drug-likeness (QED) is 0.0204. The number of aliphatic hydroxyl groups excluding tert-OH is 8. The van der Waals surface area contributed by atoms with Gasteiger partial charge in [-0.3, -0.25) is 4.79 Å². The molecule has 2 aliphatic heterocycles. The van der Waals surface area contributed by atoms with Crippen molar-refractivity contribution in [2.75, 3.05) is 19.8 Å². The summed E-state index contributed by atoms with van der Waals surface area (Å²) in [6, 6.07) is -0.911. The highest BCUT2D eigenvalue weighted by Gasteiger charge is 2.51. The van der Waals surface area contributed by atoms with E-state index < -0.39 is 86.8 Å². The lowest BCUT2D eigenvalue weighted by atomic mass is 9.97. The zero-order valence-corrected chi connectivity index (χ0v) is 56.3. The van der Waals surface area contributed by atoms with Crippen LogP contribution in [-0.4, -0.2) is 140 Å². The molecule has 1 amide bonds. The average molecular weight is 1240 g/mol. The van der Waals surface area contributed by atoms with Crippen molar-refractivity contribution in [2.45, 2.75) is 428 Å². The van der Waals surface area contributed by atoms with Crippen LogP contribution in [0, 0.1) is 0 Å². The zero-order chi connectivity index (χ0) is 63.1. The molecule has 2 saturated heterocycles. The molecule has 0 aliphatic carbocycles. The van der Waals surface area contributed by atoms with Gasteiger partial charge in [0.05, 0.1) is 32.0 Å². The number of hydrogen-bond donors (Lipinski definition) is 9. The third-order valence-corrected chi connectivity index (χ3v) is 18.7. The number of amides is 1. The molecule has 9 N–H and O–H groups in total. The molecule has 0 aromatic rings. The van der Waals surface area contributed by atoms with Gasteiger partial charge in [-0.2, -0.15) is 0 Å². The van der Waals surface area contributed by atoms with Gasteiger partial charge in [-0.25, -0.2) is 0 Å². The van der Waals surface area contributed by atoms with E-state index in [4.69, 9.17) is 18.9 Å². The van der Waals surface area contributed by atoms with Crippen LogP contribution >= 0.6 is 0 Å². The number of unbranched alkanes of at least 4 members (excludes halogenated alkanes) is 50. The van der Waals surface area contributed by atoms with Crippen molar-refractivity contribution >= 4 is 5.91 Å². The van der Waals surface area contributed by atoms with Gasteiger partial charge in [0.25, 0.3) is 0 Å². The SMILES string of the molecule is CCCCCCCCCCCCCCCCCCCCC/C=C/C(O)C(COC1OC(CO)C(OC2OC(CO)C(O)C(O)C2O)C(O)C1O)NC(=O)CCCCCCCCCCCCCCCCCCCCCCCCCCCCCCCCCC. The Kier molecular flexibility index (Phi) is 55.1. The lowest BCUT2D eigenvalue weighted by molar-refractivity contribution is -0.359. The molecular formula is C73H141NO13. The molecule has 2 heterocycles. The zero-order valence-electron chi connectivity index (χ0n) is 56.3. The molecule has 0 spiro atoms. The number of carbonyl (C=O) groups excluding carboxylic acids is 1. The number of carbonyl (C=O) groups is 1. The van der Waals surface area contributed by atoms with Crippen LogP contribution in [0.25, 0.3) is 0 Å². The number of nitrogens with one attached hydrogen (secondary N) is 1. The molecule has 87 heavy (non-hydrogen) atoms. The number of allylic oxidation sites excluding steroid dienone is 1. The Morgan fingerprint density at radius 2 is 0.713 bits per heavy atom. The van der Waals surface area contributed by atoms with Crippen LogP contribution < -0.4 is 5.32 Å². The largest absolute Gasteiger partial charge is 0.394 e. The van der Waals surface area contributed by atoms with Crippen LogP contribution in [0.1, 0.15) is 354 Å². The molecule has 2 rings (SSSR count). The van der Waals surface area contributed by atoms with Crippen molar-refractivity contribution in [1.82, 2.24) is 5.32 Å². The summed E-state index contributed by atoms with van der Waals surface area (Å²) in [6.07, 6.45) is 55.7. The number of hydrogen-bond acceptors (Lipinski definition) is 13. The molecule has 14 nitrogen and oxygen atoms in total. The molecule has 0 bridgehead atoms. The van der Waals surface area contributed by atoms with Crippen molar-refractivity contribution in [3.63, 3.8) is 0 Å². The maximum Gasteiger partial charge on any atom is 0.220 e. The average Bonchev–Trinajstić information content (AvgIpc) is 2.33. The van der Waals surface area contributed by atoms with E-state index in [0.717, 1.165) is 44.9 Å². The van der Waals surface area contributed by atoms with E-state index in [2.05, 4.69) is 19.2 Å². The minimum absolute atomic E-state index is 0.230. The smallest absolute Gasteiger partial charge is 0.220 e. The standard InChI is InChI=1S/C73H141NO13/c1-3-5-7-9-11-13-15-17-19-21-23-25-26-27-28-29-30-31-32-33-34-35-37-39-41-43-45-47-49-51-53-55-57-65(78)74-61(62(77)56-54-52-50-48-46-44-42-40-38-36-24-22-20-18-16-14-12-10-8-6-4-2)60-84-72-70(83)68(81)71(64(59-76)86-72)87-73-69(82)67(80)66(79)63(58-75)85-73/h54,56,61-64,66-73,75-77,79-83H,3-53,55,57-60H2,1-2H3,(H,74,78)/b56-54+. The normalized spacial score (nSPS) is 23.2. The minimum atomic E-state index is -1.79. The Balaban J connectivity index is 1.62. The van der Waals surface area contributed by atoms with Crippen LogP contribution in [0.2, 0.25) is 0 Å². The van der Waals surface area contributed by atoms with Gasteiger partial charge in [0, 0.05) is 6.42 Å².